The van der Waals surface area contributed by atoms with Crippen molar-refractivity contribution in [3.05, 3.63) is 29.3 Å². The average molecular weight is 191 g/mol. The van der Waals surface area contributed by atoms with Crippen molar-refractivity contribution in [1.82, 2.24) is 5.32 Å². The van der Waals surface area contributed by atoms with Crippen LogP contribution in [-0.4, -0.2) is 19.2 Å². The summed E-state index contributed by atoms with van der Waals surface area (Å²) in [5.41, 5.74) is 2.62. The molecule has 76 valence electrons. The first-order chi connectivity index (χ1) is 6.75. The van der Waals surface area contributed by atoms with Gasteiger partial charge in [-0.1, -0.05) is 6.07 Å². The SMILES string of the molecule is Cc1ccc(O[C@@H]2CCNC2)cc1C. The summed E-state index contributed by atoms with van der Waals surface area (Å²) in [6.07, 6.45) is 1.48. The van der Waals surface area contributed by atoms with Crippen LogP contribution in [0.25, 0.3) is 0 Å². The second-order valence-corrected chi connectivity index (χ2v) is 3.98. The molecule has 1 N–H and O–H groups in total. The molecule has 2 nitrogen and oxygen atoms in total. The van der Waals surface area contributed by atoms with Crippen LogP contribution in [0.5, 0.6) is 5.75 Å². The smallest absolute Gasteiger partial charge is 0.120 e. The molecule has 1 saturated heterocycles. The minimum Gasteiger partial charge on any atom is -0.489 e. The molecular weight excluding hydrogens is 174 g/mol. The lowest BCUT2D eigenvalue weighted by molar-refractivity contribution is 0.223. The fourth-order valence-electron chi connectivity index (χ4n) is 1.71. The lowest BCUT2D eigenvalue weighted by atomic mass is 10.1. The monoisotopic (exact) mass is 191 g/mol. The molecule has 1 aliphatic rings. The highest BCUT2D eigenvalue weighted by atomic mass is 16.5. The number of nitrogens with one attached hydrogen (secondary N) is 1. The van der Waals surface area contributed by atoms with Crippen LogP contribution in [0.15, 0.2) is 18.2 Å². The third-order valence-corrected chi connectivity index (χ3v) is 2.80. The van der Waals surface area contributed by atoms with E-state index in [1.165, 1.54) is 11.1 Å². The zero-order valence-corrected chi connectivity index (χ0v) is 8.84. The zero-order chi connectivity index (χ0) is 9.97. The van der Waals surface area contributed by atoms with E-state index < -0.39 is 0 Å². The first kappa shape index (κ1) is 9.53. The third-order valence-electron chi connectivity index (χ3n) is 2.80. The molecule has 14 heavy (non-hydrogen) atoms. The lowest BCUT2D eigenvalue weighted by Crippen LogP contribution is -2.19. The molecule has 1 heterocycles. The van der Waals surface area contributed by atoms with E-state index in [0.717, 1.165) is 25.3 Å². The van der Waals surface area contributed by atoms with E-state index in [9.17, 15) is 0 Å². The van der Waals surface area contributed by atoms with Crippen LogP contribution in [0, 0.1) is 13.8 Å². The number of hydrogen-bond acceptors (Lipinski definition) is 2. The molecule has 0 bridgehead atoms. The normalized spacial score (nSPS) is 21.1. The number of hydrogen-bond donors (Lipinski definition) is 1. The molecule has 1 fully saturated rings. The Bertz CT molecular complexity index is 316. The molecule has 1 atom stereocenters. The number of benzene rings is 1. The predicted molar refractivity (Wildman–Crippen MR) is 57.8 cm³/mol. The number of aryl methyl sites for hydroxylation is 2. The van der Waals surface area contributed by atoms with Crippen molar-refractivity contribution in [3.63, 3.8) is 0 Å². The van der Waals surface area contributed by atoms with Gasteiger partial charge in [-0.05, 0) is 50.1 Å². The molecule has 1 aromatic rings. The topological polar surface area (TPSA) is 21.3 Å². The van der Waals surface area contributed by atoms with Crippen molar-refractivity contribution in [1.29, 1.82) is 0 Å². The van der Waals surface area contributed by atoms with Gasteiger partial charge in [0.15, 0.2) is 0 Å². The Morgan fingerprint density at radius 2 is 2.14 bits per heavy atom. The van der Waals surface area contributed by atoms with Crippen molar-refractivity contribution in [3.8, 4) is 5.75 Å². The van der Waals surface area contributed by atoms with Crippen molar-refractivity contribution >= 4 is 0 Å². The van der Waals surface area contributed by atoms with Gasteiger partial charge in [-0.3, -0.25) is 0 Å². The first-order valence-corrected chi connectivity index (χ1v) is 5.20. The van der Waals surface area contributed by atoms with Gasteiger partial charge in [0, 0.05) is 6.54 Å². The molecule has 1 aliphatic heterocycles. The van der Waals surface area contributed by atoms with Crippen LogP contribution >= 0.6 is 0 Å². The van der Waals surface area contributed by atoms with E-state index in [4.69, 9.17) is 4.74 Å². The lowest BCUT2D eigenvalue weighted by Gasteiger charge is -2.13. The summed E-state index contributed by atoms with van der Waals surface area (Å²) < 4.78 is 5.85. The largest absolute Gasteiger partial charge is 0.489 e. The summed E-state index contributed by atoms with van der Waals surface area (Å²) in [7, 11) is 0. The second kappa shape index (κ2) is 4.01. The van der Waals surface area contributed by atoms with E-state index in [2.05, 4.69) is 37.4 Å². The highest BCUT2D eigenvalue weighted by molar-refractivity contribution is 5.33. The van der Waals surface area contributed by atoms with Crippen LogP contribution in [0.3, 0.4) is 0 Å². The molecule has 1 aromatic carbocycles. The van der Waals surface area contributed by atoms with Crippen molar-refractivity contribution in [2.24, 2.45) is 0 Å². The Labute approximate surface area is 85.3 Å². The minimum atomic E-state index is 0.358. The average Bonchev–Trinajstić information content (AvgIpc) is 2.64. The third kappa shape index (κ3) is 2.07. The van der Waals surface area contributed by atoms with Crippen LogP contribution in [0.2, 0.25) is 0 Å². The minimum absolute atomic E-state index is 0.358. The standard InChI is InChI=1S/C12H17NO/c1-9-3-4-11(7-10(9)2)14-12-5-6-13-8-12/h3-4,7,12-13H,5-6,8H2,1-2H3/t12-/m1/s1. The van der Waals surface area contributed by atoms with Gasteiger partial charge in [0.1, 0.15) is 11.9 Å². The second-order valence-electron chi connectivity index (χ2n) is 3.98. The van der Waals surface area contributed by atoms with Gasteiger partial charge in [-0.25, -0.2) is 0 Å². The molecule has 0 spiro atoms. The van der Waals surface area contributed by atoms with Gasteiger partial charge in [0.05, 0.1) is 0 Å². The fourth-order valence-corrected chi connectivity index (χ4v) is 1.71. The highest BCUT2D eigenvalue weighted by Crippen LogP contribution is 2.19. The maximum Gasteiger partial charge on any atom is 0.120 e. The Balaban J connectivity index is 2.05. The zero-order valence-electron chi connectivity index (χ0n) is 8.84. The summed E-state index contributed by atoms with van der Waals surface area (Å²) >= 11 is 0. The van der Waals surface area contributed by atoms with Gasteiger partial charge >= 0.3 is 0 Å². The quantitative estimate of drug-likeness (QED) is 0.772. The molecule has 2 rings (SSSR count). The highest BCUT2D eigenvalue weighted by Gasteiger charge is 2.15. The molecule has 0 unspecified atom stereocenters. The molecule has 0 radical (unpaired) electrons. The van der Waals surface area contributed by atoms with E-state index in [1.54, 1.807) is 0 Å². The molecule has 0 amide bonds. The predicted octanol–water partition coefficient (Wildman–Crippen LogP) is 2.04. The van der Waals surface area contributed by atoms with Crippen LogP contribution in [0.4, 0.5) is 0 Å². The molecule has 0 saturated carbocycles. The van der Waals surface area contributed by atoms with Gasteiger partial charge in [-0.15, -0.1) is 0 Å². The fraction of sp³-hybridized carbons (Fsp3) is 0.500. The molecule has 0 aromatic heterocycles. The molecule has 2 heteroatoms. The van der Waals surface area contributed by atoms with Crippen LogP contribution < -0.4 is 10.1 Å². The Morgan fingerprint density at radius 3 is 2.79 bits per heavy atom. The van der Waals surface area contributed by atoms with Gasteiger partial charge < -0.3 is 10.1 Å². The number of rotatable bonds is 2. The van der Waals surface area contributed by atoms with Crippen molar-refractivity contribution in [2.75, 3.05) is 13.1 Å². The van der Waals surface area contributed by atoms with Crippen molar-refractivity contribution < 1.29 is 4.74 Å². The Kier molecular flexibility index (Phi) is 2.73. The summed E-state index contributed by atoms with van der Waals surface area (Å²) in [6.45, 7) is 6.30. The first-order valence-electron chi connectivity index (χ1n) is 5.20. The Hall–Kier alpha value is -1.02. The van der Waals surface area contributed by atoms with Crippen LogP contribution in [-0.2, 0) is 0 Å². The molecular formula is C12H17NO. The summed E-state index contributed by atoms with van der Waals surface area (Å²) in [4.78, 5) is 0. The van der Waals surface area contributed by atoms with Gasteiger partial charge in [0.25, 0.3) is 0 Å². The van der Waals surface area contributed by atoms with E-state index >= 15 is 0 Å². The van der Waals surface area contributed by atoms with E-state index in [1.807, 2.05) is 0 Å². The Morgan fingerprint density at radius 1 is 1.29 bits per heavy atom. The van der Waals surface area contributed by atoms with E-state index in [0.29, 0.717) is 6.10 Å². The number of ether oxygens (including phenoxy) is 1. The maximum atomic E-state index is 5.85. The van der Waals surface area contributed by atoms with Gasteiger partial charge in [-0.2, -0.15) is 0 Å². The summed E-state index contributed by atoms with van der Waals surface area (Å²) in [5.74, 6) is 1.00. The maximum absolute atomic E-state index is 5.85. The van der Waals surface area contributed by atoms with E-state index in [-0.39, 0.29) is 0 Å². The van der Waals surface area contributed by atoms with Gasteiger partial charge in [0.2, 0.25) is 0 Å². The summed E-state index contributed by atoms with van der Waals surface area (Å²) in [6, 6.07) is 6.29. The summed E-state index contributed by atoms with van der Waals surface area (Å²) in [5, 5.41) is 3.29. The van der Waals surface area contributed by atoms with Crippen molar-refractivity contribution in [2.45, 2.75) is 26.4 Å². The molecule has 0 aliphatic carbocycles. The van der Waals surface area contributed by atoms with Crippen LogP contribution in [0.1, 0.15) is 17.5 Å².